The summed E-state index contributed by atoms with van der Waals surface area (Å²) in [5.74, 6) is 1.40. The van der Waals surface area contributed by atoms with Gasteiger partial charge in [-0.05, 0) is 98.8 Å². The summed E-state index contributed by atoms with van der Waals surface area (Å²) >= 11 is 0. The van der Waals surface area contributed by atoms with E-state index in [9.17, 15) is 4.79 Å². The van der Waals surface area contributed by atoms with E-state index >= 15 is 0 Å². The van der Waals surface area contributed by atoms with Crippen LogP contribution >= 0.6 is 0 Å². The Kier molecular flexibility index (Phi) is 4.41. The zero-order valence-electron chi connectivity index (χ0n) is 17.7. The molecule has 5 fully saturated rings. The fourth-order valence-electron chi connectivity index (χ4n) is 8.10. The maximum atomic E-state index is 12.0. The number of fused-ring (bicyclic) bond motifs is 4. The Morgan fingerprint density at radius 3 is 2.83 bits per heavy atom. The third kappa shape index (κ3) is 2.58. The van der Waals surface area contributed by atoms with E-state index in [1.54, 1.807) is 5.56 Å². The van der Waals surface area contributed by atoms with E-state index in [0.29, 0.717) is 23.4 Å². The lowest BCUT2D eigenvalue weighted by Crippen LogP contribution is -2.60. The highest BCUT2D eigenvalue weighted by molar-refractivity contribution is 5.77. The van der Waals surface area contributed by atoms with Crippen LogP contribution in [0.4, 0.5) is 0 Å². The van der Waals surface area contributed by atoms with Crippen molar-refractivity contribution < 1.29 is 9.53 Å². The summed E-state index contributed by atoms with van der Waals surface area (Å²) in [6, 6.07) is 5.43. The van der Waals surface area contributed by atoms with E-state index in [2.05, 4.69) is 22.3 Å². The number of hydrogen-bond donors (Lipinski definition) is 1. The number of benzene rings is 1. The number of aldehydes is 1. The van der Waals surface area contributed by atoms with Crippen LogP contribution in [0, 0.1) is 11.8 Å². The van der Waals surface area contributed by atoms with Crippen LogP contribution in [0.25, 0.3) is 0 Å². The van der Waals surface area contributed by atoms with Gasteiger partial charge in [0.25, 0.3) is 0 Å². The smallest absolute Gasteiger partial charge is 0.150 e. The maximum Gasteiger partial charge on any atom is 0.150 e. The Labute approximate surface area is 174 Å². The molecule has 7 rings (SSSR count). The number of hydrogen-bond acceptors (Lipinski definition) is 4. The SMILES string of the molecule is COC1C2CCN(CC2)C1c1cc(C=O)cc2c1C[C@H]1NCC[C@@]23CCCC[C@@H]13. The predicted octanol–water partition coefficient (Wildman–Crippen LogP) is 3.63. The molecule has 6 aliphatic rings. The van der Waals surface area contributed by atoms with Gasteiger partial charge in [0.05, 0.1) is 12.1 Å². The van der Waals surface area contributed by atoms with Crippen molar-refractivity contribution >= 4 is 6.29 Å². The highest BCUT2D eigenvalue weighted by Gasteiger charge is 2.53. The Balaban J connectivity index is 1.54. The van der Waals surface area contributed by atoms with Crippen molar-refractivity contribution in [2.45, 2.75) is 75.0 Å². The largest absolute Gasteiger partial charge is 0.379 e. The Morgan fingerprint density at radius 1 is 1.17 bits per heavy atom. The van der Waals surface area contributed by atoms with E-state index < -0.39 is 0 Å². The average Bonchev–Trinajstić information content (AvgIpc) is 2.78. The molecule has 4 heteroatoms. The summed E-state index contributed by atoms with van der Waals surface area (Å²) in [5, 5.41) is 3.89. The van der Waals surface area contributed by atoms with Gasteiger partial charge in [0.2, 0.25) is 0 Å². The van der Waals surface area contributed by atoms with Crippen LogP contribution in [0.5, 0.6) is 0 Å². The summed E-state index contributed by atoms with van der Waals surface area (Å²) in [6.45, 7) is 3.47. The van der Waals surface area contributed by atoms with Gasteiger partial charge in [-0.15, -0.1) is 0 Å². The molecule has 2 unspecified atom stereocenters. The second kappa shape index (κ2) is 6.90. The minimum Gasteiger partial charge on any atom is -0.379 e. The molecule has 4 aliphatic heterocycles. The molecule has 0 aromatic heterocycles. The average molecular weight is 395 g/mol. The lowest BCUT2D eigenvalue weighted by Gasteiger charge is -2.57. The molecule has 0 spiro atoms. The lowest BCUT2D eigenvalue weighted by atomic mass is 9.52. The normalized spacial score (nSPS) is 42.8. The number of carbonyl (C=O) groups is 1. The van der Waals surface area contributed by atoms with Crippen molar-refractivity contribution in [2.24, 2.45) is 11.8 Å². The summed E-state index contributed by atoms with van der Waals surface area (Å²) < 4.78 is 6.11. The van der Waals surface area contributed by atoms with Crippen molar-refractivity contribution in [3.63, 3.8) is 0 Å². The molecule has 0 amide bonds. The third-order valence-corrected chi connectivity index (χ3v) is 9.30. The Morgan fingerprint density at radius 2 is 2.03 bits per heavy atom. The summed E-state index contributed by atoms with van der Waals surface area (Å²) in [4.78, 5) is 14.7. The first-order chi connectivity index (χ1) is 14.2. The molecule has 1 aromatic carbocycles. The first kappa shape index (κ1) is 18.5. The fraction of sp³-hybridized carbons (Fsp3) is 0.720. The quantitative estimate of drug-likeness (QED) is 0.795. The first-order valence-corrected chi connectivity index (χ1v) is 11.9. The second-order valence-electron chi connectivity index (χ2n) is 10.3. The van der Waals surface area contributed by atoms with Crippen LogP contribution in [-0.2, 0) is 16.6 Å². The van der Waals surface area contributed by atoms with Gasteiger partial charge in [0, 0.05) is 24.1 Å². The topological polar surface area (TPSA) is 41.6 Å². The van der Waals surface area contributed by atoms with Crippen LogP contribution < -0.4 is 5.32 Å². The second-order valence-corrected chi connectivity index (χ2v) is 10.3. The van der Waals surface area contributed by atoms with Crippen molar-refractivity contribution in [1.82, 2.24) is 10.2 Å². The predicted molar refractivity (Wildman–Crippen MR) is 113 cm³/mol. The van der Waals surface area contributed by atoms with E-state index in [1.165, 1.54) is 69.2 Å². The van der Waals surface area contributed by atoms with E-state index in [0.717, 1.165) is 30.7 Å². The van der Waals surface area contributed by atoms with Gasteiger partial charge in [0.1, 0.15) is 6.29 Å². The zero-order valence-corrected chi connectivity index (χ0v) is 17.7. The van der Waals surface area contributed by atoms with E-state index in [4.69, 9.17) is 4.74 Å². The Hall–Kier alpha value is -1.23. The van der Waals surface area contributed by atoms with Gasteiger partial charge in [-0.25, -0.2) is 0 Å². The van der Waals surface area contributed by atoms with Crippen molar-refractivity contribution in [3.8, 4) is 0 Å². The van der Waals surface area contributed by atoms with Gasteiger partial charge in [-0.3, -0.25) is 9.69 Å². The molecule has 2 aliphatic carbocycles. The number of methoxy groups -OCH3 is 1. The molecule has 1 N–H and O–H groups in total. The molecule has 29 heavy (non-hydrogen) atoms. The Bertz CT molecular complexity index is 811. The number of nitrogens with one attached hydrogen (secondary N) is 1. The molecule has 4 nitrogen and oxygen atoms in total. The van der Waals surface area contributed by atoms with Crippen molar-refractivity contribution in [3.05, 3.63) is 34.4 Å². The number of rotatable bonds is 3. The first-order valence-electron chi connectivity index (χ1n) is 11.9. The van der Waals surface area contributed by atoms with Crippen LogP contribution in [0.2, 0.25) is 0 Å². The van der Waals surface area contributed by atoms with Gasteiger partial charge in [0.15, 0.2) is 0 Å². The van der Waals surface area contributed by atoms with Crippen LogP contribution in [0.3, 0.4) is 0 Å². The molecule has 156 valence electrons. The van der Waals surface area contributed by atoms with E-state index in [1.807, 2.05) is 7.11 Å². The number of ether oxygens (including phenoxy) is 1. The number of piperidine rings is 4. The highest BCUT2D eigenvalue weighted by Crippen LogP contribution is 2.56. The van der Waals surface area contributed by atoms with Crippen LogP contribution in [-0.4, -0.2) is 50.1 Å². The number of carbonyl (C=O) groups excluding carboxylic acids is 1. The van der Waals surface area contributed by atoms with Gasteiger partial charge in [-0.1, -0.05) is 12.8 Å². The zero-order chi connectivity index (χ0) is 19.6. The van der Waals surface area contributed by atoms with E-state index in [-0.39, 0.29) is 6.10 Å². The molecule has 4 saturated heterocycles. The molecular weight excluding hydrogens is 360 g/mol. The summed E-state index contributed by atoms with van der Waals surface area (Å²) in [7, 11) is 1.89. The number of nitrogens with zero attached hydrogens (tertiary/aromatic N) is 1. The standard InChI is InChI=1S/C25H34N2O2/c1-29-24-17-5-10-27(11-6-17)23(24)19-12-16(15-28)13-21-18(19)14-22-20-4-2-3-7-25(20,21)8-9-26-22/h12-13,15,17,20,22-24,26H,2-11,14H2,1H3/t20-,22+,23?,24?,25+/m0/s1. The lowest BCUT2D eigenvalue weighted by molar-refractivity contribution is -0.0949. The van der Waals surface area contributed by atoms with Crippen LogP contribution in [0.15, 0.2) is 12.1 Å². The molecule has 0 radical (unpaired) electrons. The van der Waals surface area contributed by atoms with Crippen molar-refractivity contribution in [2.75, 3.05) is 26.7 Å². The van der Waals surface area contributed by atoms with Crippen LogP contribution in [0.1, 0.15) is 78.0 Å². The molecule has 4 bridgehead atoms. The minimum atomic E-state index is 0.262. The fourth-order valence-corrected chi connectivity index (χ4v) is 8.10. The molecule has 1 aromatic rings. The summed E-state index contributed by atoms with van der Waals surface area (Å²) in [5.41, 5.74) is 5.69. The monoisotopic (exact) mass is 394 g/mol. The molecule has 1 saturated carbocycles. The summed E-state index contributed by atoms with van der Waals surface area (Å²) in [6.07, 6.45) is 11.6. The highest BCUT2D eigenvalue weighted by atomic mass is 16.5. The maximum absolute atomic E-state index is 12.0. The molecule has 4 heterocycles. The van der Waals surface area contributed by atoms with Gasteiger partial charge in [-0.2, -0.15) is 0 Å². The molecular formula is C25H34N2O2. The molecule has 5 atom stereocenters. The van der Waals surface area contributed by atoms with Gasteiger partial charge < -0.3 is 10.1 Å². The van der Waals surface area contributed by atoms with Gasteiger partial charge >= 0.3 is 0 Å². The minimum absolute atomic E-state index is 0.262. The van der Waals surface area contributed by atoms with Crippen molar-refractivity contribution in [1.29, 1.82) is 0 Å². The third-order valence-electron chi connectivity index (χ3n) is 9.30.